The van der Waals surface area contributed by atoms with Gasteiger partial charge in [0.25, 0.3) is 0 Å². The number of nitrogens with one attached hydrogen (secondary N) is 2. The molecule has 0 aliphatic heterocycles. The van der Waals surface area contributed by atoms with Gasteiger partial charge in [-0.05, 0) is 48.6 Å². The van der Waals surface area contributed by atoms with Crippen molar-refractivity contribution in [2.24, 2.45) is 4.99 Å². The van der Waals surface area contributed by atoms with Gasteiger partial charge in [-0.3, -0.25) is 4.99 Å². The van der Waals surface area contributed by atoms with Crippen molar-refractivity contribution in [3.8, 4) is 5.75 Å². The number of benzene rings is 1. The Balaban J connectivity index is 1.63. The van der Waals surface area contributed by atoms with E-state index in [0.29, 0.717) is 5.15 Å². The lowest BCUT2D eigenvalue weighted by atomic mass is 10.1. The summed E-state index contributed by atoms with van der Waals surface area (Å²) in [6, 6.07) is 12.0. The summed E-state index contributed by atoms with van der Waals surface area (Å²) in [5, 5.41) is 7.16. The number of ether oxygens (including phenoxy) is 1. The number of pyridine rings is 1. The van der Waals surface area contributed by atoms with Gasteiger partial charge in [-0.15, -0.1) is 0 Å². The number of hydrogen-bond donors (Lipinski definition) is 2. The fraction of sp³-hybridized carbons (Fsp3) is 0.368. The van der Waals surface area contributed by atoms with E-state index in [-0.39, 0.29) is 0 Å². The molecule has 134 valence electrons. The lowest BCUT2D eigenvalue weighted by molar-refractivity contribution is 0.414. The molecule has 1 aromatic heterocycles. The van der Waals surface area contributed by atoms with Crippen LogP contribution in [0.1, 0.15) is 17.5 Å². The highest BCUT2D eigenvalue weighted by Gasteiger charge is 1.99. The molecule has 2 N–H and O–H groups in total. The smallest absolute Gasteiger partial charge is 0.190 e. The molecule has 0 unspecified atom stereocenters. The topological polar surface area (TPSA) is 58.5 Å². The quantitative estimate of drug-likeness (QED) is 0.329. The van der Waals surface area contributed by atoms with Gasteiger partial charge in [0.2, 0.25) is 0 Å². The standard InChI is InChI=1S/C19H25ClN4O/c1-21-19(23-13-11-16-7-10-18(20)24-14-16)22-12-3-4-15-5-8-17(25-2)9-6-15/h5-10,14H,3-4,11-13H2,1-2H3,(H2,21,22,23). The van der Waals surface area contributed by atoms with Crippen LogP contribution in [0.25, 0.3) is 0 Å². The van der Waals surface area contributed by atoms with E-state index in [9.17, 15) is 0 Å². The van der Waals surface area contributed by atoms with Crippen LogP contribution in [-0.2, 0) is 12.8 Å². The highest BCUT2D eigenvalue weighted by atomic mass is 35.5. The van der Waals surface area contributed by atoms with E-state index < -0.39 is 0 Å². The van der Waals surface area contributed by atoms with Crippen LogP contribution < -0.4 is 15.4 Å². The van der Waals surface area contributed by atoms with Gasteiger partial charge < -0.3 is 15.4 Å². The highest BCUT2D eigenvalue weighted by molar-refractivity contribution is 6.29. The minimum atomic E-state index is 0.519. The van der Waals surface area contributed by atoms with Crippen molar-refractivity contribution >= 4 is 17.6 Å². The molecule has 0 saturated heterocycles. The zero-order valence-electron chi connectivity index (χ0n) is 14.8. The first kappa shape index (κ1) is 19.1. The van der Waals surface area contributed by atoms with Crippen LogP contribution in [0.3, 0.4) is 0 Å². The summed E-state index contributed by atoms with van der Waals surface area (Å²) in [6.45, 7) is 1.66. The van der Waals surface area contributed by atoms with Crippen LogP contribution in [0, 0.1) is 0 Å². The van der Waals surface area contributed by atoms with Gasteiger partial charge >= 0.3 is 0 Å². The summed E-state index contributed by atoms with van der Waals surface area (Å²) in [4.78, 5) is 8.32. The SMILES string of the molecule is CN=C(NCCCc1ccc(OC)cc1)NCCc1ccc(Cl)nc1. The highest BCUT2D eigenvalue weighted by Crippen LogP contribution is 2.12. The van der Waals surface area contributed by atoms with Gasteiger partial charge in [0.1, 0.15) is 10.9 Å². The van der Waals surface area contributed by atoms with Crippen molar-refractivity contribution in [1.29, 1.82) is 0 Å². The number of nitrogens with zero attached hydrogens (tertiary/aromatic N) is 2. The summed E-state index contributed by atoms with van der Waals surface area (Å²) in [5.41, 5.74) is 2.45. The van der Waals surface area contributed by atoms with Gasteiger partial charge in [-0.25, -0.2) is 4.98 Å². The number of aromatic nitrogens is 1. The maximum atomic E-state index is 5.79. The van der Waals surface area contributed by atoms with Crippen molar-refractivity contribution in [2.75, 3.05) is 27.2 Å². The predicted molar refractivity (Wildman–Crippen MR) is 104 cm³/mol. The van der Waals surface area contributed by atoms with E-state index in [1.807, 2.05) is 24.3 Å². The minimum absolute atomic E-state index is 0.519. The van der Waals surface area contributed by atoms with Crippen molar-refractivity contribution in [3.05, 3.63) is 58.9 Å². The third-order valence-corrected chi connectivity index (χ3v) is 4.04. The average Bonchev–Trinajstić information content (AvgIpc) is 2.65. The van der Waals surface area contributed by atoms with Crippen molar-refractivity contribution < 1.29 is 4.74 Å². The number of rotatable bonds is 8. The van der Waals surface area contributed by atoms with E-state index >= 15 is 0 Å². The Labute approximate surface area is 154 Å². The Bertz CT molecular complexity index is 656. The second-order valence-electron chi connectivity index (χ2n) is 5.62. The molecule has 2 rings (SSSR count). The van der Waals surface area contributed by atoms with Crippen LogP contribution >= 0.6 is 11.6 Å². The second-order valence-corrected chi connectivity index (χ2v) is 6.00. The molecule has 6 heteroatoms. The summed E-state index contributed by atoms with van der Waals surface area (Å²) in [5.74, 6) is 1.71. The molecule has 0 atom stereocenters. The molecule has 2 aromatic rings. The predicted octanol–water partition coefficient (Wildman–Crippen LogP) is 3.08. The third-order valence-electron chi connectivity index (χ3n) is 3.81. The zero-order valence-corrected chi connectivity index (χ0v) is 15.5. The lowest BCUT2D eigenvalue weighted by Gasteiger charge is -2.12. The Kier molecular flexibility index (Phi) is 8.05. The molecular weight excluding hydrogens is 336 g/mol. The molecule has 0 radical (unpaired) electrons. The Morgan fingerprint density at radius 1 is 1.04 bits per heavy atom. The molecule has 1 aromatic carbocycles. The summed E-state index contributed by atoms with van der Waals surface area (Å²) in [7, 11) is 3.46. The average molecular weight is 361 g/mol. The van der Waals surface area contributed by atoms with E-state index in [4.69, 9.17) is 16.3 Å². The normalized spacial score (nSPS) is 11.2. The maximum absolute atomic E-state index is 5.79. The first-order valence-electron chi connectivity index (χ1n) is 8.39. The molecule has 0 fully saturated rings. The molecule has 0 spiro atoms. The van der Waals surface area contributed by atoms with Gasteiger partial charge in [-0.2, -0.15) is 0 Å². The molecule has 0 aliphatic rings. The molecule has 25 heavy (non-hydrogen) atoms. The number of aryl methyl sites for hydroxylation is 1. The Morgan fingerprint density at radius 2 is 1.76 bits per heavy atom. The third kappa shape index (κ3) is 7.01. The fourth-order valence-electron chi connectivity index (χ4n) is 2.39. The lowest BCUT2D eigenvalue weighted by Crippen LogP contribution is -2.38. The minimum Gasteiger partial charge on any atom is -0.497 e. The zero-order chi connectivity index (χ0) is 17.9. The fourth-order valence-corrected chi connectivity index (χ4v) is 2.50. The first-order valence-corrected chi connectivity index (χ1v) is 8.77. The van der Waals surface area contributed by atoms with Gasteiger partial charge in [0, 0.05) is 26.3 Å². The number of halogens is 1. The summed E-state index contributed by atoms with van der Waals surface area (Å²) in [6.07, 6.45) is 4.73. The molecule has 0 saturated carbocycles. The number of methoxy groups -OCH3 is 1. The summed E-state index contributed by atoms with van der Waals surface area (Å²) >= 11 is 5.79. The number of guanidine groups is 1. The van der Waals surface area contributed by atoms with Crippen LogP contribution in [0.2, 0.25) is 5.15 Å². The van der Waals surface area contributed by atoms with Gasteiger partial charge in [0.05, 0.1) is 7.11 Å². The van der Waals surface area contributed by atoms with Crippen molar-refractivity contribution in [3.63, 3.8) is 0 Å². The van der Waals surface area contributed by atoms with Crippen LogP contribution in [0.4, 0.5) is 0 Å². The van der Waals surface area contributed by atoms with Crippen LogP contribution in [0.15, 0.2) is 47.6 Å². The van der Waals surface area contributed by atoms with E-state index in [0.717, 1.165) is 49.6 Å². The van der Waals surface area contributed by atoms with Crippen LogP contribution in [-0.4, -0.2) is 38.2 Å². The number of hydrogen-bond acceptors (Lipinski definition) is 3. The Morgan fingerprint density at radius 3 is 2.40 bits per heavy atom. The molecule has 0 aliphatic carbocycles. The monoisotopic (exact) mass is 360 g/mol. The maximum Gasteiger partial charge on any atom is 0.190 e. The molecule has 0 bridgehead atoms. The first-order chi connectivity index (χ1) is 12.2. The van der Waals surface area contributed by atoms with Gasteiger partial charge in [0.15, 0.2) is 5.96 Å². The van der Waals surface area contributed by atoms with E-state index in [1.165, 1.54) is 5.56 Å². The Hall–Kier alpha value is -2.27. The van der Waals surface area contributed by atoms with Gasteiger partial charge in [-0.1, -0.05) is 29.8 Å². The molecule has 0 amide bonds. The van der Waals surface area contributed by atoms with Crippen molar-refractivity contribution in [1.82, 2.24) is 15.6 Å². The van der Waals surface area contributed by atoms with Crippen molar-refractivity contribution in [2.45, 2.75) is 19.3 Å². The van der Waals surface area contributed by atoms with Crippen LogP contribution in [0.5, 0.6) is 5.75 Å². The molecule has 5 nitrogen and oxygen atoms in total. The largest absolute Gasteiger partial charge is 0.497 e. The van der Waals surface area contributed by atoms with E-state index in [2.05, 4.69) is 32.7 Å². The second kappa shape index (κ2) is 10.6. The summed E-state index contributed by atoms with van der Waals surface area (Å²) < 4.78 is 5.17. The molecule has 1 heterocycles. The van der Waals surface area contributed by atoms with E-state index in [1.54, 1.807) is 20.4 Å². The number of aliphatic imine (C=N–C) groups is 1. The molecular formula is C19H25ClN4O.